The van der Waals surface area contributed by atoms with Crippen molar-refractivity contribution in [1.29, 1.82) is 0 Å². The fourth-order valence-corrected chi connectivity index (χ4v) is 1.05. The third kappa shape index (κ3) is 7.78. The molecule has 0 saturated heterocycles. The molecule has 0 aromatic carbocycles. The number of hydrogen-bond donors (Lipinski definition) is 1. The highest BCUT2D eigenvalue weighted by molar-refractivity contribution is 4.63. The summed E-state index contributed by atoms with van der Waals surface area (Å²) < 4.78 is 4.93. The van der Waals surface area contributed by atoms with E-state index in [1.165, 1.54) is 0 Å². The van der Waals surface area contributed by atoms with E-state index in [0.29, 0.717) is 6.04 Å². The first-order chi connectivity index (χ1) is 5.16. The van der Waals surface area contributed by atoms with Crippen LogP contribution >= 0.6 is 0 Å². The van der Waals surface area contributed by atoms with Gasteiger partial charge in [0.1, 0.15) is 0 Å². The summed E-state index contributed by atoms with van der Waals surface area (Å²) in [6, 6.07) is 0.292. The van der Waals surface area contributed by atoms with Crippen LogP contribution < -0.4 is 5.73 Å². The molecule has 68 valence electrons. The van der Waals surface area contributed by atoms with Crippen LogP contribution in [-0.2, 0) is 4.74 Å². The summed E-state index contributed by atoms with van der Waals surface area (Å²) in [5.41, 5.74) is 5.82. The molecule has 3 heteroatoms. The topological polar surface area (TPSA) is 38.5 Å². The average molecular weight is 160 g/mol. The molecule has 0 rings (SSSR count). The van der Waals surface area contributed by atoms with Gasteiger partial charge in [-0.2, -0.15) is 0 Å². The molecule has 0 aliphatic carbocycles. The number of methoxy groups -OCH3 is 1. The van der Waals surface area contributed by atoms with Crippen molar-refractivity contribution in [1.82, 2.24) is 4.90 Å². The van der Waals surface area contributed by atoms with Crippen LogP contribution in [0.2, 0.25) is 0 Å². The Kier molecular flexibility index (Phi) is 6.51. The highest BCUT2D eigenvalue weighted by Crippen LogP contribution is 1.95. The number of nitrogens with zero attached hydrogens (tertiary/aromatic N) is 1. The lowest BCUT2D eigenvalue weighted by atomic mass is 10.2. The monoisotopic (exact) mass is 160 g/mol. The van der Waals surface area contributed by atoms with Gasteiger partial charge in [-0.3, -0.25) is 0 Å². The first-order valence-electron chi connectivity index (χ1n) is 4.06. The lowest BCUT2D eigenvalue weighted by Crippen LogP contribution is -2.33. The van der Waals surface area contributed by atoms with Crippen LogP contribution in [0.15, 0.2) is 0 Å². The maximum Gasteiger partial charge on any atom is 0.0462 e. The van der Waals surface area contributed by atoms with Gasteiger partial charge < -0.3 is 15.4 Å². The van der Waals surface area contributed by atoms with Gasteiger partial charge in [-0.1, -0.05) is 0 Å². The van der Waals surface area contributed by atoms with Crippen molar-refractivity contribution in [2.45, 2.75) is 18.9 Å². The van der Waals surface area contributed by atoms with Crippen LogP contribution in [0.1, 0.15) is 12.8 Å². The normalized spacial score (nSPS) is 13.9. The minimum Gasteiger partial charge on any atom is -0.385 e. The molecule has 0 aromatic heterocycles. The molecule has 0 heterocycles. The molecule has 0 radical (unpaired) electrons. The van der Waals surface area contributed by atoms with E-state index in [9.17, 15) is 0 Å². The summed E-state index contributed by atoms with van der Waals surface area (Å²) in [6.45, 7) is 1.78. The summed E-state index contributed by atoms with van der Waals surface area (Å²) in [4.78, 5) is 2.11. The van der Waals surface area contributed by atoms with Crippen LogP contribution in [0.3, 0.4) is 0 Å². The zero-order valence-corrected chi connectivity index (χ0v) is 7.84. The smallest absolute Gasteiger partial charge is 0.0462 e. The minimum absolute atomic E-state index is 0.292. The number of nitrogens with two attached hydrogens (primary N) is 1. The second kappa shape index (κ2) is 6.58. The standard InChI is InChI=1S/C8H20N2O/c1-10(2)7-8(9)5-4-6-11-3/h8H,4-7,9H2,1-3H3. The van der Waals surface area contributed by atoms with Crippen molar-refractivity contribution >= 4 is 0 Å². The number of ether oxygens (including phenoxy) is 1. The Labute approximate surface area is 69.5 Å². The number of likely N-dealkylation sites (N-methyl/N-ethyl adjacent to an activating group) is 1. The fraction of sp³-hybridized carbons (Fsp3) is 1.00. The van der Waals surface area contributed by atoms with E-state index < -0.39 is 0 Å². The molecule has 1 unspecified atom stereocenters. The molecule has 0 aliphatic rings. The van der Waals surface area contributed by atoms with Crippen LogP contribution in [0.25, 0.3) is 0 Å². The molecule has 0 bridgehead atoms. The van der Waals surface area contributed by atoms with E-state index in [4.69, 9.17) is 10.5 Å². The zero-order chi connectivity index (χ0) is 8.69. The SMILES string of the molecule is COCCCC(N)CN(C)C. The largest absolute Gasteiger partial charge is 0.385 e. The predicted molar refractivity (Wildman–Crippen MR) is 47.6 cm³/mol. The summed E-state index contributed by atoms with van der Waals surface area (Å²) in [6.07, 6.45) is 2.11. The van der Waals surface area contributed by atoms with Gasteiger partial charge >= 0.3 is 0 Å². The van der Waals surface area contributed by atoms with Gasteiger partial charge in [0, 0.05) is 26.3 Å². The molecule has 11 heavy (non-hydrogen) atoms. The Balaban J connectivity index is 3.15. The van der Waals surface area contributed by atoms with Gasteiger partial charge in [-0.05, 0) is 26.9 Å². The van der Waals surface area contributed by atoms with E-state index in [0.717, 1.165) is 26.0 Å². The third-order valence-corrected chi connectivity index (χ3v) is 1.52. The first-order valence-corrected chi connectivity index (χ1v) is 4.06. The highest BCUT2D eigenvalue weighted by atomic mass is 16.5. The van der Waals surface area contributed by atoms with Crippen LogP contribution in [0.5, 0.6) is 0 Å². The van der Waals surface area contributed by atoms with Crippen LogP contribution in [0, 0.1) is 0 Å². The van der Waals surface area contributed by atoms with E-state index in [2.05, 4.69) is 4.90 Å². The zero-order valence-electron chi connectivity index (χ0n) is 7.84. The van der Waals surface area contributed by atoms with Crippen molar-refractivity contribution in [2.75, 3.05) is 34.4 Å². The van der Waals surface area contributed by atoms with Crippen LogP contribution in [0.4, 0.5) is 0 Å². The maximum atomic E-state index is 5.82. The lowest BCUT2D eigenvalue weighted by Gasteiger charge is -2.16. The van der Waals surface area contributed by atoms with E-state index in [1.54, 1.807) is 7.11 Å². The fourth-order valence-electron chi connectivity index (χ4n) is 1.05. The molecule has 0 aromatic rings. The Morgan fingerprint density at radius 3 is 2.55 bits per heavy atom. The van der Waals surface area contributed by atoms with Gasteiger partial charge in [0.25, 0.3) is 0 Å². The molecular formula is C8H20N2O. The summed E-state index contributed by atoms with van der Waals surface area (Å²) in [7, 11) is 5.80. The van der Waals surface area contributed by atoms with E-state index in [1.807, 2.05) is 14.1 Å². The summed E-state index contributed by atoms with van der Waals surface area (Å²) in [5, 5.41) is 0. The lowest BCUT2D eigenvalue weighted by molar-refractivity contribution is 0.188. The quantitative estimate of drug-likeness (QED) is 0.568. The Morgan fingerprint density at radius 1 is 1.45 bits per heavy atom. The molecule has 3 nitrogen and oxygen atoms in total. The molecule has 0 spiro atoms. The molecular weight excluding hydrogens is 140 g/mol. The molecule has 0 fully saturated rings. The van der Waals surface area contributed by atoms with Gasteiger partial charge in [0.15, 0.2) is 0 Å². The summed E-state index contributed by atoms with van der Waals surface area (Å²) in [5.74, 6) is 0. The second-order valence-electron chi connectivity index (χ2n) is 3.16. The molecule has 0 aliphatic heterocycles. The molecule has 0 saturated carbocycles. The molecule has 0 amide bonds. The van der Waals surface area contributed by atoms with Crippen molar-refractivity contribution in [3.05, 3.63) is 0 Å². The van der Waals surface area contributed by atoms with E-state index >= 15 is 0 Å². The Hall–Kier alpha value is -0.120. The van der Waals surface area contributed by atoms with Gasteiger partial charge in [-0.15, -0.1) is 0 Å². The third-order valence-electron chi connectivity index (χ3n) is 1.52. The van der Waals surface area contributed by atoms with Crippen molar-refractivity contribution < 1.29 is 4.74 Å². The Morgan fingerprint density at radius 2 is 2.09 bits per heavy atom. The van der Waals surface area contributed by atoms with E-state index in [-0.39, 0.29) is 0 Å². The highest BCUT2D eigenvalue weighted by Gasteiger charge is 2.02. The van der Waals surface area contributed by atoms with Crippen molar-refractivity contribution in [3.63, 3.8) is 0 Å². The minimum atomic E-state index is 0.292. The Bertz CT molecular complexity index is 86.2. The van der Waals surface area contributed by atoms with Gasteiger partial charge in [0.2, 0.25) is 0 Å². The van der Waals surface area contributed by atoms with Gasteiger partial charge in [-0.25, -0.2) is 0 Å². The molecule has 2 N–H and O–H groups in total. The summed E-state index contributed by atoms with van der Waals surface area (Å²) >= 11 is 0. The predicted octanol–water partition coefficient (Wildman–Crippen LogP) is 0.302. The first kappa shape index (κ1) is 10.9. The van der Waals surface area contributed by atoms with Crippen molar-refractivity contribution in [2.24, 2.45) is 5.73 Å². The van der Waals surface area contributed by atoms with Crippen LogP contribution in [-0.4, -0.2) is 45.3 Å². The average Bonchev–Trinajstić information content (AvgIpc) is 1.86. The van der Waals surface area contributed by atoms with Gasteiger partial charge in [0.05, 0.1) is 0 Å². The molecule has 1 atom stereocenters. The van der Waals surface area contributed by atoms with Crippen molar-refractivity contribution in [3.8, 4) is 0 Å². The maximum absolute atomic E-state index is 5.82. The number of rotatable bonds is 6. The second-order valence-corrected chi connectivity index (χ2v) is 3.16. The number of hydrogen-bond acceptors (Lipinski definition) is 3.